The normalized spacial score (nSPS) is 11.9. The molecule has 1 aromatic heterocycles. The van der Waals surface area contributed by atoms with E-state index in [0.717, 1.165) is 5.56 Å². The molecule has 0 aromatic carbocycles. The van der Waals surface area contributed by atoms with Gasteiger partial charge in [0.25, 0.3) is 0 Å². The number of aromatic nitrogens is 1. The monoisotopic (exact) mass is 288 g/mol. The predicted molar refractivity (Wildman–Crippen MR) is 70.6 cm³/mol. The van der Waals surface area contributed by atoms with Gasteiger partial charge in [-0.25, -0.2) is 9.78 Å². The largest absolute Gasteiger partial charge is 0.480 e. The smallest absolute Gasteiger partial charge is 0.327 e. The molecule has 1 aromatic rings. The van der Waals surface area contributed by atoms with Crippen LogP contribution in [0.25, 0.3) is 0 Å². The van der Waals surface area contributed by atoms with Crippen molar-refractivity contribution in [3.8, 4) is 0 Å². The predicted octanol–water partition coefficient (Wildman–Crippen LogP) is 1.56. The number of hydrogen-bond acceptors (Lipinski definition) is 4. The topological polar surface area (TPSA) is 79.3 Å². The van der Waals surface area contributed by atoms with Crippen LogP contribution in [0, 0.1) is 0 Å². The standard InChI is InChI=1S/C11H13ClN2O3S/c1-7(15)14-9(11(16)17)6-18-5-8-3-2-4-13-10(8)12/h2-4,9H,5-6H2,1H3,(H,14,15)(H,16,17). The molecule has 18 heavy (non-hydrogen) atoms. The molecule has 1 unspecified atom stereocenters. The number of halogens is 1. The third-order valence-electron chi connectivity index (χ3n) is 2.05. The van der Waals surface area contributed by atoms with Crippen molar-refractivity contribution in [1.29, 1.82) is 0 Å². The average Bonchev–Trinajstić information content (AvgIpc) is 2.29. The summed E-state index contributed by atoms with van der Waals surface area (Å²) in [5.41, 5.74) is 0.844. The van der Waals surface area contributed by atoms with Crippen LogP contribution in [0.4, 0.5) is 0 Å². The number of rotatable bonds is 6. The third-order valence-corrected chi connectivity index (χ3v) is 3.48. The second kappa shape index (κ2) is 7.23. The number of thioether (sulfide) groups is 1. The van der Waals surface area contributed by atoms with E-state index in [1.165, 1.54) is 18.7 Å². The molecule has 5 nitrogen and oxygen atoms in total. The van der Waals surface area contributed by atoms with E-state index in [0.29, 0.717) is 10.9 Å². The van der Waals surface area contributed by atoms with E-state index in [9.17, 15) is 9.59 Å². The number of carboxylic acids is 1. The maximum absolute atomic E-state index is 10.9. The van der Waals surface area contributed by atoms with Gasteiger partial charge in [0, 0.05) is 24.6 Å². The summed E-state index contributed by atoms with van der Waals surface area (Å²) >= 11 is 7.25. The summed E-state index contributed by atoms with van der Waals surface area (Å²) in [5, 5.41) is 11.7. The van der Waals surface area contributed by atoms with E-state index in [2.05, 4.69) is 10.3 Å². The minimum absolute atomic E-state index is 0.278. The van der Waals surface area contributed by atoms with Gasteiger partial charge in [0.1, 0.15) is 11.2 Å². The highest BCUT2D eigenvalue weighted by molar-refractivity contribution is 7.98. The highest BCUT2D eigenvalue weighted by Crippen LogP contribution is 2.19. The molecule has 0 spiro atoms. The van der Waals surface area contributed by atoms with Gasteiger partial charge in [-0.3, -0.25) is 4.79 Å². The highest BCUT2D eigenvalue weighted by atomic mass is 35.5. The fourth-order valence-electron chi connectivity index (χ4n) is 1.23. The van der Waals surface area contributed by atoms with Gasteiger partial charge in [0.2, 0.25) is 5.91 Å². The van der Waals surface area contributed by atoms with Gasteiger partial charge in [-0.15, -0.1) is 0 Å². The molecule has 0 aliphatic rings. The van der Waals surface area contributed by atoms with Crippen LogP contribution in [0.1, 0.15) is 12.5 Å². The SMILES string of the molecule is CC(=O)NC(CSCc1cccnc1Cl)C(=O)O. The Morgan fingerprint density at radius 3 is 2.89 bits per heavy atom. The van der Waals surface area contributed by atoms with Crippen LogP contribution >= 0.6 is 23.4 Å². The molecule has 1 heterocycles. The molecule has 1 amide bonds. The molecular formula is C11H13ClN2O3S. The summed E-state index contributed by atoms with van der Waals surface area (Å²) in [6.45, 7) is 1.29. The Balaban J connectivity index is 2.46. The molecule has 7 heteroatoms. The van der Waals surface area contributed by atoms with Gasteiger partial charge in [-0.2, -0.15) is 11.8 Å². The third kappa shape index (κ3) is 4.93. The minimum atomic E-state index is -1.05. The molecule has 0 aliphatic heterocycles. The number of pyridine rings is 1. The average molecular weight is 289 g/mol. The number of nitrogens with zero attached hydrogens (tertiary/aromatic N) is 1. The molecule has 0 saturated carbocycles. The number of carbonyl (C=O) groups is 2. The minimum Gasteiger partial charge on any atom is -0.480 e. The van der Waals surface area contributed by atoms with Crippen molar-refractivity contribution in [2.45, 2.75) is 18.7 Å². The molecule has 0 fully saturated rings. The lowest BCUT2D eigenvalue weighted by Gasteiger charge is -2.12. The molecule has 1 atom stereocenters. The second-order valence-electron chi connectivity index (χ2n) is 3.56. The summed E-state index contributed by atoms with van der Waals surface area (Å²) < 4.78 is 0. The zero-order valence-corrected chi connectivity index (χ0v) is 11.3. The first kappa shape index (κ1) is 14.8. The number of carbonyl (C=O) groups excluding carboxylic acids is 1. The van der Waals surface area contributed by atoms with Crippen LogP contribution in [0.3, 0.4) is 0 Å². The van der Waals surface area contributed by atoms with Crippen LogP contribution in [-0.4, -0.2) is 33.8 Å². The summed E-state index contributed by atoms with van der Waals surface area (Å²) in [6.07, 6.45) is 1.59. The van der Waals surface area contributed by atoms with Gasteiger partial charge >= 0.3 is 5.97 Å². The van der Waals surface area contributed by atoms with Crippen molar-refractivity contribution in [3.05, 3.63) is 29.0 Å². The van der Waals surface area contributed by atoms with Gasteiger partial charge in [-0.1, -0.05) is 17.7 Å². The maximum atomic E-state index is 10.9. The fraction of sp³-hybridized carbons (Fsp3) is 0.364. The lowest BCUT2D eigenvalue weighted by molar-refractivity contribution is -0.140. The summed E-state index contributed by atoms with van der Waals surface area (Å²) in [5.74, 6) is -0.576. The Labute approximate surface area is 114 Å². The number of aliphatic carboxylic acids is 1. The first-order valence-electron chi connectivity index (χ1n) is 5.17. The van der Waals surface area contributed by atoms with Crippen LogP contribution in [0.2, 0.25) is 5.15 Å². The van der Waals surface area contributed by atoms with Crippen molar-refractivity contribution in [2.75, 3.05) is 5.75 Å². The lowest BCUT2D eigenvalue weighted by atomic mass is 10.3. The van der Waals surface area contributed by atoms with Gasteiger partial charge in [-0.05, 0) is 11.6 Å². The molecular weight excluding hydrogens is 276 g/mol. The number of hydrogen-bond donors (Lipinski definition) is 2. The number of nitrogens with one attached hydrogen (secondary N) is 1. The van der Waals surface area contributed by atoms with E-state index in [1.807, 2.05) is 6.07 Å². The Bertz CT molecular complexity index is 442. The lowest BCUT2D eigenvalue weighted by Crippen LogP contribution is -2.41. The molecule has 2 N–H and O–H groups in total. The molecule has 98 valence electrons. The zero-order chi connectivity index (χ0) is 13.5. The van der Waals surface area contributed by atoms with E-state index < -0.39 is 12.0 Å². The van der Waals surface area contributed by atoms with Crippen LogP contribution < -0.4 is 5.32 Å². The van der Waals surface area contributed by atoms with Crippen molar-refractivity contribution in [1.82, 2.24) is 10.3 Å². The van der Waals surface area contributed by atoms with Crippen LogP contribution in [-0.2, 0) is 15.3 Å². The van der Waals surface area contributed by atoms with Gasteiger partial charge < -0.3 is 10.4 Å². The first-order valence-corrected chi connectivity index (χ1v) is 6.71. The summed E-state index contributed by atoms with van der Waals surface area (Å²) in [6, 6.07) is 2.71. The second-order valence-corrected chi connectivity index (χ2v) is 4.95. The number of carboxylic acid groups (broad SMARTS) is 1. The quantitative estimate of drug-likeness (QED) is 0.777. The maximum Gasteiger partial charge on any atom is 0.327 e. The Kier molecular flexibility index (Phi) is 5.94. The zero-order valence-electron chi connectivity index (χ0n) is 9.72. The van der Waals surface area contributed by atoms with Crippen molar-refractivity contribution >= 4 is 35.2 Å². The van der Waals surface area contributed by atoms with Crippen molar-refractivity contribution < 1.29 is 14.7 Å². The van der Waals surface area contributed by atoms with Crippen LogP contribution in [0.5, 0.6) is 0 Å². The van der Waals surface area contributed by atoms with E-state index >= 15 is 0 Å². The number of amides is 1. The molecule has 0 saturated heterocycles. The Hall–Kier alpha value is -1.27. The fourth-order valence-corrected chi connectivity index (χ4v) is 2.53. The first-order chi connectivity index (χ1) is 8.50. The highest BCUT2D eigenvalue weighted by Gasteiger charge is 2.18. The van der Waals surface area contributed by atoms with E-state index in [4.69, 9.17) is 16.7 Å². The summed E-state index contributed by atoms with van der Waals surface area (Å²) in [4.78, 5) is 25.6. The molecule has 0 bridgehead atoms. The summed E-state index contributed by atoms with van der Waals surface area (Å²) in [7, 11) is 0. The van der Waals surface area contributed by atoms with Gasteiger partial charge in [0.05, 0.1) is 0 Å². The molecule has 0 aliphatic carbocycles. The van der Waals surface area contributed by atoms with Crippen molar-refractivity contribution in [2.24, 2.45) is 0 Å². The Morgan fingerprint density at radius 2 is 2.33 bits per heavy atom. The van der Waals surface area contributed by atoms with Gasteiger partial charge in [0.15, 0.2) is 0 Å². The molecule has 1 rings (SSSR count). The van der Waals surface area contributed by atoms with E-state index in [1.54, 1.807) is 12.3 Å². The molecule has 0 radical (unpaired) electrons. The Morgan fingerprint density at radius 1 is 1.61 bits per heavy atom. The van der Waals surface area contributed by atoms with Crippen molar-refractivity contribution in [3.63, 3.8) is 0 Å². The van der Waals surface area contributed by atoms with E-state index in [-0.39, 0.29) is 11.7 Å². The van der Waals surface area contributed by atoms with Crippen LogP contribution in [0.15, 0.2) is 18.3 Å².